The van der Waals surface area contributed by atoms with Crippen molar-refractivity contribution >= 4 is 29.3 Å². The van der Waals surface area contributed by atoms with Crippen molar-refractivity contribution in [1.29, 1.82) is 0 Å². The van der Waals surface area contributed by atoms with E-state index in [1.807, 2.05) is 13.0 Å². The Morgan fingerprint density at radius 1 is 1.07 bits per heavy atom. The highest BCUT2D eigenvalue weighted by Gasteiger charge is 2.24. The average Bonchev–Trinajstić information content (AvgIpc) is 3.28. The van der Waals surface area contributed by atoms with Crippen molar-refractivity contribution < 1.29 is 4.79 Å². The van der Waals surface area contributed by atoms with Crippen LogP contribution < -0.4 is 15.1 Å². The molecule has 1 atom stereocenters. The van der Waals surface area contributed by atoms with Crippen LogP contribution in [0.5, 0.6) is 0 Å². The predicted octanol–water partition coefficient (Wildman–Crippen LogP) is 4.31. The van der Waals surface area contributed by atoms with Crippen molar-refractivity contribution in [2.45, 2.75) is 51.5 Å². The van der Waals surface area contributed by atoms with Gasteiger partial charge in [0.15, 0.2) is 0 Å². The van der Waals surface area contributed by atoms with Gasteiger partial charge in [-0.1, -0.05) is 35.9 Å². The van der Waals surface area contributed by atoms with Gasteiger partial charge in [-0.25, -0.2) is 4.98 Å². The lowest BCUT2D eigenvalue weighted by Crippen LogP contribution is -2.34. The maximum Gasteiger partial charge on any atom is 0.228 e. The van der Waals surface area contributed by atoms with Crippen LogP contribution in [0.25, 0.3) is 0 Å². The van der Waals surface area contributed by atoms with Crippen LogP contribution in [0.15, 0.2) is 30.3 Å². The SMILES string of the molecule is CC(=O)N[C@@H](C)c1ccc(C2CCN(c3cc(Cl)nc(N4CCCC4)n3)CC2)cc1. The zero-order valence-electron chi connectivity index (χ0n) is 17.8. The second-order valence-corrected chi connectivity index (χ2v) is 8.78. The number of aromatic nitrogens is 2. The fraction of sp³-hybridized carbons (Fsp3) is 0.522. The number of halogens is 1. The van der Waals surface area contributed by atoms with E-state index in [0.29, 0.717) is 11.1 Å². The Morgan fingerprint density at radius 3 is 2.37 bits per heavy atom. The number of benzene rings is 1. The third-order valence-electron chi connectivity index (χ3n) is 6.21. The molecule has 1 aromatic heterocycles. The molecule has 7 heteroatoms. The van der Waals surface area contributed by atoms with Crippen molar-refractivity contribution in [1.82, 2.24) is 15.3 Å². The number of hydrogen-bond acceptors (Lipinski definition) is 5. The Hall–Kier alpha value is -2.34. The maximum atomic E-state index is 11.3. The molecule has 2 aliphatic heterocycles. The van der Waals surface area contributed by atoms with Crippen molar-refractivity contribution in [2.75, 3.05) is 36.0 Å². The number of nitrogens with one attached hydrogen (secondary N) is 1. The lowest BCUT2D eigenvalue weighted by atomic mass is 9.88. The molecule has 0 spiro atoms. The molecule has 0 aliphatic carbocycles. The van der Waals surface area contributed by atoms with Gasteiger partial charge >= 0.3 is 0 Å². The van der Waals surface area contributed by atoms with Gasteiger partial charge in [-0.15, -0.1) is 0 Å². The first-order valence-corrected chi connectivity index (χ1v) is 11.3. The zero-order valence-corrected chi connectivity index (χ0v) is 18.5. The predicted molar refractivity (Wildman–Crippen MR) is 121 cm³/mol. The average molecular weight is 428 g/mol. The third kappa shape index (κ3) is 4.86. The monoisotopic (exact) mass is 427 g/mol. The van der Waals surface area contributed by atoms with Crippen LogP contribution in [0.2, 0.25) is 5.15 Å². The molecule has 0 unspecified atom stereocenters. The van der Waals surface area contributed by atoms with Gasteiger partial charge in [0.2, 0.25) is 11.9 Å². The lowest BCUT2D eigenvalue weighted by Gasteiger charge is -2.33. The van der Waals surface area contributed by atoms with Crippen molar-refractivity contribution in [3.05, 3.63) is 46.6 Å². The minimum absolute atomic E-state index is 0.00309. The zero-order chi connectivity index (χ0) is 21.1. The van der Waals surface area contributed by atoms with Gasteiger partial charge in [-0.3, -0.25) is 4.79 Å². The van der Waals surface area contributed by atoms with Gasteiger partial charge in [-0.05, 0) is 49.7 Å². The molecule has 2 aliphatic rings. The van der Waals surface area contributed by atoms with Gasteiger partial charge < -0.3 is 15.1 Å². The minimum Gasteiger partial charge on any atom is -0.356 e. The molecule has 30 heavy (non-hydrogen) atoms. The number of rotatable bonds is 5. The first kappa shape index (κ1) is 20.9. The lowest BCUT2D eigenvalue weighted by molar-refractivity contribution is -0.119. The first-order valence-electron chi connectivity index (χ1n) is 10.9. The van der Waals surface area contributed by atoms with E-state index in [4.69, 9.17) is 16.6 Å². The topological polar surface area (TPSA) is 61.4 Å². The summed E-state index contributed by atoms with van der Waals surface area (Å²) in [6.07, 6.45) is 4.56. The molecule has 3 heterocycles. The van der Waals surface area contributed by atoms with E-state index in [1.54, 1.807) is 6.92 Å². The Balaban J connectivity index is 1.39. The largest absolute Gasteiger partial charge is 0.356 e. The number of carbonyl (C=O) groups excluding carboxylic acids is 1. The summed E-state index contributed by atoms with van der Waals surface area (Å²) >= 11 is 6.31. The molecule has 4 rings (SSSR count). The van der Waals surface area contributed by atoms with E-state index in [-0.39, 0.29) is 11.9 Å². The molecule has 1 aromatic carbocycles. The van der Waals surface area contributed by atoms with Crippen LogP contribution in [0.1, 0.15) is 62.6 Å². The van der Waals surface area contributed by atoms with E-state index in [0.717, 1.165) is 56.4 Å². The highest BCUT2D eigenvalue weighted by molar-refractivity contribution is 6.29. The number of nitrogens with zero attached hydrogens (tertiary/aromatic N) is 4. The molecule has 160 valence electrons. The third-order valence-corrected chi connectivity index (χ3v) is 6.40. The molecular weight excluding hydrogens is 398 g/mol. The highest BCUT2D eigenvalue weighted by atomic mass is 35.5. The van der Waals surface area contributed by atoms with E-state index >= 15 is 0 Å². The summed E-state index contributed by atoms with van der Waals surface area (Å²) in [6, 6.07) is 10.6. The maximum absolute atomic E-state index is 11.3. The van der Waals surface area contributed by atoms with Crippen LogP contribution in [-0.2, 0) is 4.79 Å². The molecule has 0 radical (unpaired) electrons. The van der Waals surface area contributed by atoms with Crippen molar-refractivity contribution in [3.63, 3.8) is 0 Å². The molecule has 2 aromatic rings. The van der Waals surface area contributed by atoms with Crippen LogP contribution in [0, 0.1) is 0 Å². The number of hydrogen-bond donors (Lipinski definition) is 1. The van der Waals surface area contributed by atoms with Gasteiger partial charge in [0.1, 0.15) is 11.0 Å². The molecule has 2 saturated heterocycles. The van der Waals surface area contributed by atoms with E-state index in [1.165, 1.54) is 18.4 Å². The number of piperidine rings is 1. The Kier molecular flexibility index (Phi) is 6.42. The quantitative estimate of drug-likeness (QED) is 0.720. The summed E-state index contributed by atoms with van der Waals surface area (Å²) in [6.45, 7) is 7.51. The molecular formula is C23H30ClN5O. The van der Waals surface area contributed by atoms with Crippen LogP contribution in [0.4, 0.5) is 11.8 Å². The van der Waals surface area contributed by atoms with E-state index < -0.39 is 0 Å². The first-order chi connectivity index (χ1) is 14.5. The molecule has 2 fully saturated rings. The van der Waals surface area contributed by atoms with E-state index in [9.17, 15) is 4.79 Å². The molecule has 0 bridgehead atoms. The van der Waals surface area contributed by atoms with Gasteiger partial charge in [0, 0.05) is 39.2 Å². The molecule has 0 saturated carbocycles. The Bertz CT molecular complexity index is 874. The Morgan fingerprint density at radius 2 is 1.73 bits per heavy atom. The second kappa shape index (κ2) is 9.21. The van der Waals surface area contributed by atoms with Gasteiger partial charge in [-0.2, -0.15) is 4.98 Å². The van der Waals surface area contributed by atoms with Gasteiger partial charge in [0.25, 0.3) is 0 Å². The fourth-order valence-electron chi connectivity index (χ4n) is 4.50. The highest BCUT2D eigenvalue weighted by Crippen LogP contribution is 2.32. The summed E-state index contributed by atoms with van der Waals surface area (Å²) < 4.78 is 0. The normalized spacial score (nSPS) is 18.5. The fourth-order valence-corrected chi connectivity index (χ4v) is 4.67. The summed E-state index contributed by atoms with van der Waals surface area (Å²) in [5, 5.41) is 3.46. The number of amides is 1. The molecule has 1 N–H and O–H groups in total. The van der Waals surface area contributed by atoms with Crippen LogP contribution in [-0.4, -0.2) is 42.1 Å². The van der Waals surface area contributed by atoms with Crippen molar-refractivity contribution in [2.24, 2.45) is 0 Å². The summed E-state index contributed by atoms with van der Waals surface area (Å²) in [7, 11) is 0. The second-order valence-electron chi connectivity index (χ2n) is 8.39. The number of carbonyl (C=O) groups is 1. The molecule has 6 nitrogen and oxygen atoms in total. The van der Waals surface area contributed by atoms with Crippen LogP contribution in [0.3, 0.4) is 0 Å². The summed E-state index contributed by atoms with van der Waals surface area (Å²) in [4.78, 5) is 25.1. The number of anilines is 2. The van der Waals surface area contributed by atoms with Crippen LogP contribution >= 0.6 is 11.6 Å². The Labute approximate surface area is 183 Å². The standard InChI is InChI=1S/C23H30ClN5O/c1-16(25-17(2)30)18-5-7-19(8-6-18)20-9-13-28(14-10-20)22-15-21(24)26-23(27-22)29-11-3-4-12-29/h5-8,15-16,20H,3-4,9-14H2,1-2H3,(H,25,30)/t16-/m0/s1. The summed E-state index contributed by atoms with van der Waals surface area (Å²) in [5.74, 6) is 2.24. The van der Waals surface area contributed by atoms with Gasteiger partial charge in [0.05, 0.1) is 6.04 Å². The summed E-state index contributed by atoms with van der Waals surface area (Å²) in [5.41, 5.74) is 2.50. The minimum atomic E-state index is -0.00309. The molecule has 1 amide bonds. The van der Waals surface area contributed by atoms with E-state index in [2.05, 4.69) is 44.4 Å². The smallest absolute Gasteiger partial charge is 0.228 e. The van der Waals surface area contributed by atoms with Crippen molar-refractivity contribution in [3.8, 4) is 0 Å².